The van der Waals surface area contributed by atoms with Gasteiger partial charge >= 0.3 is 11.7 Å². The average Bonchev–Trinajstić information content (AvgIpc) is 2.65. The van der Waals surface area contributed by atoms with Crippen molar-refractivity contribution in [3.05, 3.63) is 69.0 Å². The third-order valence-corrected chi connectivity index (χ3v) is 3.69. The number of hydrogen-bond donors (Lipinski definition) is 1. The van der Waals surface area contributed by atoms with Gasteiger partial charge in [-0.25, -0.2) is 9.59 Å². The summed E-state index contributed by atoms with van der Waals surface area (Å²) in [5.41, 5.74) is -0.773. The highest BCUT2D eigenvalue weighted by Gasteiger charge is 2.21. The molecule has 2 aromatic rings. The molecule has 26 heavy (non-hydrogen) atoms. The molecule has 2 atom stereocenters. The first-order valence-corrected chi connectivity index (χ1v) is 8.23. The zero-order valence-electron chi connectivity index (χ0n) is 14.7. The Morgan fingerprint density at radius 1 is 1.15 bits per heavy atom. The third-order valence-electron chi connectivity index (χ3n) is 3.69. The summed E-state index contributed by atoms with van der Waals surface area (Å²) >= 11 is 0. The number of nitrogens with zero attached hydrogens (tertiary/aromatic N) is 1. The van der Waals surface area contributed by atoms with Crippen molar-refractivity contribution in [2.45, 2.75) is 25.7 Å². The van der Waals surface area contributed by atoms with Crippen LogP contribution in [0.4, 0.5) is 0 Å². The monoisotopic (exact) mass is 362 g/mol. The van der Waals surface area contributed by atoms with Crippen molar-refractivity contribution in [2.24, 2.45) is 0 Å². The van der Waals surface area contributed by atoms with Gasteiger partial charge in [0.05, 0.1) is 18.3 Å². The number of esters is 1. The summed E-state index contributed by atoms with van der Waals surface area (Å²) in [6.07, 6.45) is 0.739. The summed E-state index contributed by atoms with van der Waals surface area (Å²) in [7, 11) is 1.54. The van der Waals surface area contributed by atoms with Gasteiger partial charge in [0.25, 0.3) is 5.56 Å². The molecular weight excluding hydrogens is 340 g/mol. The minimum absolute atomic E-state index is 0.195. The molecule has 0 unspecified atom stereocenters. The molecule has 2 rings (SSSR count). The summed E-state index contributed by atoms with van der Waals surface area (Å²) in [5.74, 6) is -0.531. The van der Waals surface area contributed by atoms with E-state index < -0.39 is 23.4 Å². The molecule has 0 amide bonds. The Labute approximate surface area is 150 Å². The van der Waals surface area contributed by atoms with Gasteiger partial charge in [0.2, 0.25) is 0 Å². The number of aromatic amines is 1. The van der Waals surface area contributed by atoms with E-state index in [4.69, 9.17) is 14.2 Å². The summed E-state index contributed by atoms with van der Waals surface area (Å²) < 4.78 is 17.4. The van der Waals surface area contributed by atoms with E-state index in [1.807, 2.05) is 6.92 Å². The van der Waals surface area contributed by atoms with Crippen molar-refractivity contribution in [1.82, 2.24) is 9.55 Å². The van der Waals surface area contributed by atoms with Crippen LogP contribution in [0, 0.1) is 0 Å². The quantitative estimate of drug-likeness (QED) is 0.676. The van der Waals surface area contributed by atoms with Crippen LogP contribution >= 0.6 is 0 Å². The van der Waals surface area contributed by atoms with Crippen molar-refractivity contribution in [1.29, 1.82) is 0 Å². The summed E-state index contributed by atoms with van der Waals surface area (Å²) in [6.45, 7) is 2.03. The van der Waals surface area contributed by atoms with Gasteiger partial charge in [0.15, 0.2) is 6.23 Å². The molecule has 0 spiro atoms. The first-order chi connectivity index (χ1) is 12.5. The summed E-state index contributed by atoms with van der Waals surface area (Å²) in [4.78, 5) is 37.7. The fraction of sp³-hybridized carbons (Fsp3) is 0.389. The minimum Gasteiger partial charge on any atom is -0.457 e. The number of H-pyrrole nitrogens is 1. The van der Waals surface area contributed by atoms with Crippen LogP contribution in [0.3, 0.4) is 0 Å². The Hall–Kier alpha value is -2.71. The number of methoxy groups -OCH3 is 1. The van der Waals surface area contributed by atoms with Crippen LogP contribution in [0.2, 0.25) is 0 Å². The predicted octanol–water partition coefficient (Wildman–Crippen LogP) is 1.33. The molecule has 0 saturated carbocycles. The van der Waals surface area contributed by atoms with Crippen LogP contribution in [0.1, 0.15) is 29.9 Å². The number of ether oxygens (including phenoxy) is 3. The molecule has 0 aliphatic rings. The second-order valence-electron chi connectivity index (χ2n) is 5.56. The molecule has 0 aliphatic heterocycles. The fourth-order valence-corrected chi connectivity index (χ4v) is 2.31. The SMILES string of the molecule is CC[C@@H](COC)O[C@H](COC(=O)c1ccccc1)n1ccc(=O)[nH]c1=O. The first kappa shape index (κ1) is 19.6. The van der Waals surface area contributed by atoms with Gasteiger partial charge in [-0.3, -0.25) is 14.3 Å². The van der Waals surface area contributed by atoms with E-state index in [9.17, 15) is 14.4 Å². The van der Waals surface area contributed by atoms with Crippen molar-refractivity contribution in [3.8, 4) is 0 Å². The first-order valence-electron chi connectivity index (χ1n) is 8.23. The summed E-state index contributed by atoms with van der Waals surface area (Å²) in [5, 5.41) is 0. The molecule has 8 nitrogen and oxygen atoms in total. The maximum Gasteiger partial charge on any atom is 0.338 e. The molecule has 0 bridgehead atoms. The second kappa shape index (κ2) is 9.69. The Bertz CT molecular complexity index is 814. The number of aromatic nitrogens is 2. The molecule has 140 valence electrons. The normalized spacial score (nSPS) is 13.2. The maximum atomic E-state index is 12.2. The highest BCUT2D eigenvalue weighted by atomic mass is 16.6. The molecule has 0 saturated heterocycles. The predicted molar refractivity (Wildman–Crippen MR) is 94.1 cm³/mol. The van der Waals surface area contributed by atoms with E-state index >= 15 is 0 Å². The topological polar surface area (TPSA) is 99.6 Å². The Kier molecular flexibility index (Phi) is 7.31. The number of hydrogen-bond acceptors (Lipinski definition) is 6. The van der Waals surface area contributed by atoms with Crippen LogP contribution in [0.25, 0.3) is 0 Å². The smallest absolute Gasteiger partial charge is 0.338 e. The van der Waals surface area contributed by atoms with Crippen LogP contribution in [0.15, 0.2) is 52.2 Å². The summed E-state index contributed by atoms with van der Waals surface area (Å²) in [6, 6.07) is 9.70. The highest BCUT2D eigenvalue weighted by Crippen LogP contribution is 2.13. The third kappa shape index (κ3) is 5.40. The Morgan fingerprint density at radius 2 is 1.88 bits per heavy atom. The molecule has 1 aromatic heterocycles. The lowest BCUT2D eigenvalue weighted by Crippen LogP contribution is -2.37. The molecule has 0 radical (unpaired) electrons. The van der Waals surface area contributed by atoms with Crippen LogP contribution in [0.5, 0.6) is 0 Å². The van der Waals surface area contributed by atoms with E-state index in [1.165, 1.54) is 16.8 Å². The van der Waals surface area contributed by atoms with E-state index in [2.05, 4.69) is 4.98 Å². The molecule has 8 heteroatoms. The van der Waals surface area contributed by atoms with E-state index in [0.29, 0.717) is 18.6 Å². The Balaban J connectivity index is 2.18. The number of rotatable bonds is 9. The van der Waals surface area contributed by atoms with E-state index in [0.717, 1.165) is 0 Å². The molecule has 1 aromatic carbocycles. The van der Waals surface area contributed by atoms with Crippen molar-refractivity contribution >= 4 is 5.97 Å². The van der Waals surface area contributed by atoms with Crippen molar-refractivity contribution in [2.75, 3.05) is 20.3 Å². The van der Waals surface area contributed by atoms with Crippen molar-refractivity contribution < 1.29 is 19.0 Å². The minimum atomic E-state index is -0.896. The molecule has 1 N–H and O–H groups in total. The zero-order valence-corrected chi connectivity index (χ0v) is 14.7. The van der Waals surface area contributed by atoms with Crippen molar-refractivity contribution in [3.63, 3.8) is 0 Å². The van der Waals surface area contributed by atoms with Gasteiger partial charge in [-0.2, -0.15) is 0 Å². The van der Waals surface area contributed by atoms with Gasteiger partial charge in [0.1, 0.15) is 6.61 Å². The second-order valence-corrected chi connectivity index (χ2v) is 5.56. The molecular formula is C18H22N2O6. The standard InChI is InChI=1S/C18H22N2O6/c1-3-14(11-24-2)26-16(20-10-9-15(21)19-18(20)23)12-25-17(22)13-7-5-4-6-8-13/h4-10,14,16H,3,11-12H2,1-2H3,(H,19,21,23)/t14-,16+/m0/s1. The lowest BCUT2D eigenvalue weighted by molar-refractivity contribution is -0.107. The number of carbonyl (C=O) groups excluding carboxylic acids is 1. The lowest BCUT2D eigenvalue weighted by atomic mass is 10.2. The molecule has 1 heterocycles. The number of benzene rings is 1. The number of carbonyl (C=O) groups is 1. The number of nitrogens with one attached hydrogen (secondary N) is 1. The van der Waals surface area contributed by atoms with Crippen LogP contribution in [-0.2, 0) is 14.2 Å². The van der Waals surface area contributed by atoms with Gasteiger partial charge in [0, 0.05) is 19.4 Å². The fourth-order valence-electron chi connectivity index (χ4n) is 2.31. The van der Waals surface area contributed by atoms with Gasteiger partial charge in [-0.1, -0.05) is 25.1 Å². The largest absolute Gasteiger partial charge is 0.457 e. The zero-order chi connectivity index (χ0) is 18.9. The molecule has 0 aliphatic carbocycles. The molecule has 0 fully saturated rings. The maximum absolute atomic E-state index is 12.2. The Morgan fingerprint density at radius 3 is 2.50 bits per heavy atom. The van der Waals surface area contributed by atoms with E-state index in [1.54, 1.807) is 37.4 Å². The van der Waals surface area contributed by atoms with Crippen LogP contribution in [-0.4, -0.2) is 41.9 Å². The van der Waals surface area contributed by atoms with Gasteiger partial charge in [-0.15, -0.1) is 0 Å². The lowest BCUT2D eigenvalue weighted by Gasteiger charge is -2.25. The van der Waals surface area contributed by atoms with E-state index in [-0.39, 0.29) is 12.7 Å². The van der Waals surface area contributed by atoms with Gasteiger partial charge < -0.3 is 14.2 Å². The average molecular weight is 362 g/mol. The van der Waals surface area contributed by atoms with Gasteiger partial charge in [-0.05, 0) is 18.6 Å². The van der Waals surface area contributed by atoms with Crippen LogP contribution < -0.4 is 11.2 Å². The highest BCUT2D eigenvalue weighted by molar-refractivity contribution is 5.89.